The van der Waals surface area contributed by atoms with Gasteiger partial charge in [0.15, 0.2) is 0 Å². The summed E-state index contributed by atoms with van der Waals surface area (Å²) < 4.78 is 0. The largest absolute Gasteiger partial charge is 0.316 e. The number of hydrogen-bond acceptors (Lipinski definition) is 1. The van der Waals surface area contributed by atoms with Crippen LogP contribution in [0.3, 0.4) is 0 Å². The molecule has 0 radical (unpaired) electrons. The summed E-state index contributed by atoms with van der Waals surface area (Å²) in [7, 11) is 0. The van der Waals surface area contributed by atoms with Crippen LogP contribution in [0.1, 0.15) is 23.5 Å². The highest BCUT2D eigenvalue weighted by atomic mass is 14.9. The topological polar surface area (TPSA) is 12.0 Å². The second-order valence-electron chi connectivity index (χ2n) is 4.26. The smallest absolute Gasteiger partial charge is 0.00235 e. The Hall–Kier alpha value is -0.820. The number of nitrogens with one attached hydrogen (secondary N) is 1. The maximum atomic E-state index is 3.51. The van der Waals surface area contributed by atoms with Crippen molar-refractivity contribution < 1.29 is 0 Å². The molecule has 68 valence electrons. The molecule has 1 heterocycles. The summed E-state index contributed by atoms with van der Waals surface area (Å²) in [4.78, 5) is 0. The molecule has 13 heavy (non-hydrogen) atoms. The quantitative estimate of drug-likeness (QED) is 0.632. The molecule has 0 bridgehead atoms. The summed E-state index contributed by atoms with van der Waals surface area (Å²) in [6.45, 7) is 2.43. The van der Waals surface area contributed by atoms with Gasteiger partial charge in [-0.05, 0) is 36.4 Å². The van der Waals surface area contributed by atoms with Gasteiger partial charge in [-0.2, -0.15) is 0 Å². The summed E-state index contributed by atoms with van der Waals surface area (Å²) >= 11 is 0. The maximum absolute atomic E-state index is 3.51. The minimum absolute atomic E-state index is 0.810. The minimum Gasteiger partial charge on any atom is -0.316 e. The molecule has 0 amide bonds. The first-order valence-electron chi connectivity index (χ1n) is 5.23. The van der Waals surface area contributed by atoms with Crippen molar-refractivity contribution in [2.75, 3.05) is 13.1 Å². The zero-order chi connectivity index (χ0) is 8.67. The van der Waals surface area contributed by atoms with Crippen LogP contribution < -0.4 is 5.32 Å². The summed E-state index contributed by atoms with van der Waals surface area (Å²) in [6.07, 6.45) is 2.67. The molecule has 1 aliphatic heterocycles. The van der Waals surface area contributed by atoms with Gasteiger partial charge in [-0.25, -0.2) is 0 Å². The zero-order valence-corrected chi connectivity index (χ0v) is 7.79. The van der Waals surface area contributed by atoms with E-state index >= 15 is 0 Å². The van der Waals surface area contributed by atoms with Crippen LogP contribution in [0, 0.1) is 5.92 Å². The van der Waals surface area contributed by atoms with E-state index in [1.54, 1.807) is 11.1 Å². The predicted molar refractivity (Wildman–Crippen MR) is 53.9 cm³/mol. The normalized spacial score (nSPS) is 31.1. The Bertz CT molecular complexity index is 319. The summed E-state index contributed by atoms with van der Waals surface area (Å²) in [5, 5.41) is 3.51. The summed E-state index contributed by atoms with van der Waals surface area (Å²) in [6, 6.07) is 8.96. The van der Waals surface area contributed by atoms with Crippen LogP contribution in [0.2, 0.25) is 0 Å². The average molecular weight is 173 g/mol. The lowest BCUT2D eigenvalue weighted by molar-refractivity contribution is 0.451. The van der Waals surface area contributed by atoms with Gasteiger partial charge in [0.05, 0.1) is 0 Å². The molecule has 1 aromatic rings. The van der Waals surface area contributed by atoms with E-state index in [0.29, 0.717) is 0 Å². The standard InChI is InChI=1S/C12H15N/c1-2-4-11-9(3-1)5-6-10-7-13-8-12(10)11/h1-4,10,12-13H,5-8H2/t10-,12+/m1/s1. The molecule has 2 aliphatic rings. The Kier molecular flexibility index (Phi) is 1.66. The Labute approximate surface area is 79.2 Å². The lowest BCUT2D eigenvalue weighted by Crippen LogP contribution is -2.18. The van der Waals surface area contributed by atoms with E-state index in [1.165, 1.54) is 25.9 Å². The lowest BCUT2D eigenvalue weighted by atomic mass is 9.77. The van der Waals surface area contributed by atoms with Crippen molar-refractivity contribution in [2.45, 2.75) is 18.8 Å². The Morgan fingerprint density at radius 3 is 3.08 bits per heavy atom. The highest BCUT2D eigenvalue weighted by Gasteiger charge is 2.32. The highest BCUT2D eigenvalue weighted by Crippen LogP contribution is 2.37. The van der Waals surface area contributed by atoms with Gasteiger partial charge in [0.25, 0.3) is 0 Å². The fourth-order valence-electron chi connectivity index (χ4n) is 2.86. The van der Waals surface area contributed by atoms with E-state index in [2.05, 4.69) is 29.6 Å². The molecule has 1 nitrogen and oxygen atoms in total. The lowest BCUT2D eigenvalue weighted by Gasteiger charge is -2.27. The monoisotopic (exact) mass is 173 g/mol. The molecule has 3 rings (SSSR count). The summed E-state index contributed by atoms with van der Waals surface area (Å²) in [5.74, 6) is 1.72. The van der Waals surface area contributed by atoms with E-state index in [-0.39, 0.29) is 0 Å². The second-order valence-corrected chi connectivity index (χ2v) is 4.26. The van der Waals surface area contributed by atoms with Crippen molar-refractivity contribution in [1.29, 1.82) is 0 Å². The molecule has 0 aromatic heterocycles. The molecule has 1 aliphatic carbocycles. The fraction of sp³-hybridized carbons (Fsp3) is 0.500. The van der Waals surface area contributed by atoms with E-state index in [9.17, 15) is 0 Å². The molecule has 2 atom stereocenters. The predicted octanol–water partition coefficient (Wildman–Crippen LogP) is 1.94. The Balaban J connectivity index is 2.06. The Morgan fingerprint density at radius 2 is 2.08 bits per heavy atom. The van der Waals surface area contributed by atoms with Crippen LogP contribution in [0.15, 0.2) is 24.3 Å². The Morgan fingerprint density at radius 1 is 1.15 bits per heavy atom. The third-order valence-electron chi connectivity index (χ3n) is 3.58. The molecule has 1 heteroatoms. The molecular weight excluding hydrogens is 158 g/mol. The zero-order valence-electron chi connectivity index (χ0n) is 7.79. The van der Waals surface area contributed by atoms with Crippen LogP contribution in [0.4, 0.5) is 0 Å². The van der Waals surface area contributed by atoms with Crippen LogP contribution in [0.25, 0.3) is 0 Å². The van der Waals surface area contributed by atoms with Crippen molar-refractivity contribution in [3.8, 4) is 0 Å². The number of hydrogen-bond donors (Lipinski definition) is 1. The van der Waals surface area contributed by atoms with E-state index in [4.69, 9.17) is 0 Å². The third-order valence-corrected chi connectivity index (χ3v) is 3.58. The molecule has 1 N–H and O–H groups in total. The van der Waals surface area contributed by atoms with Crippen LogP contribution in [0.5, 0.6) is 0 Å². The molecule has 1 saturated heterocycles. The van der Waals surface area contributed by atoms with Gasteiger partial charge in [0.1, 0.15) is 0 Å². The number of aryl methyl sites for hydroxylation is 1. The SMILES string of the molecule is c1ccc2c(c1)CC[C@@H]1CNC[C@H]21. The maximum Gasteiger partial charge on any atom is 0.00235 e. The molecule has 0 saturated carbocycles. The van der Waals surface area contributed by atoms with Crippen molar-refractivity contribution in [1.82, 2.24) is 5.32 Å². The van der Waals surface area contributed by atoms with E-state index in [0.717, 1.165) is 11.8 Å². The molecular formula is C12H15N. The third kappa shape index (κ3) is 1.11. The van der Waals surface area contributed by atoms with Gasteiger partial charge >= 0.3 is 0 Å². The minimum atomic E-state index is 0.810. The van der Waals surface area contributed by atoms with Gasteiger partial charge in [-0.3, -0.25) is 0 Å². The summed E-state index contributed by atoms with van der Waals surface area (Å²) in [5.41, 5.74) is 3.20. The highest BCUT2D eigenvalue weighted by molar-refractivity contribution is 5.34. The van der Waals surface area contributed by atoms with Crippen molar-refractivity contribution in [2.24, 2.45) is 5.92 Å². The van der Waals surface area contributed by atoms with Crippen molar-refractivity contribution >= 4 is 0 Å². The van der Waals surface area contributed by atoms with E-state index in [1.807, 2.05) is 0 Å². The first-order chi connectivity index (χ1) is 6.45. The first kappa shape index (κ1) is 7.57. The van der Waals surface area contributed by atoms with E-state index < -0.39 is 0 Å². The first-order valence-corrected chi connectivity index (χ1v) is 5.23. The number of rotatable bonds is 0. The molecule has 0 unspecified atom stereocenters. The van der Waals surface area contributed by atoms with Crippen molar-refractivity contribution in [3.63, 3.8) is 0 Å². The number of benzene rings is 1. The van der Waals surface area contributed by atoms with Crippen LogP contribution in [-0.2, 0) is 6.42 Å². The molecule has 1 aromatic carbocycles. The fourth-order valence-corrected chi connectivity index (χ4v) is 2.86. The number of fused-ring (bicyclic) bond motifs is 3. The second kappa shape index (κ2) is 2.85. The molecule has 1 fully saturated rings. The van der Waals surface area contributed by atoms with Gasteiger partial charge < -0.3 is 5.32 Å². The van der Waals surface area contributed by atoms with Gasteiger partial charge in [0, 0.05) is 12.5 Å². The van der Waals surface area contributed by atoms with Crippen LogP contribution in [-0.4, -0.2) is 13.1 Å². The van der Waals surface area contributed by atoms with Crippen molar-refractivity contribution in [3.05, 3.63) is 35.4 Å². The molecule has 0 spiro atoms. The average Bonchev–Trinajstić information content (AvgIpc) is 2.65. The van der Waals surface area contributed by atoms with Gasteiger partial charge in [-0.1, -0.05) is 24.3 Å². The van der Waals surface area contributed by atoms with Gasteiger partial charge in [-0.15, -0.1) is 0 Å². The van der Waals surface area contributed by atoms with Gasteiger partial charge in [0.2, 0.25) is 0 Å². The van der Waals surface area contributed by atoms with Crippen LogP contribution >= 0.6 is 0 Å².